The maximum atomic E-state index is 13.9. The van der Waals surface area contributed by atoms with E-state index in [4.69, 9.17) is 16.2 Å². The molecular formula is C32H35N7O6S2. The summed E-state index contributed by atoms with van der Waals surface area (Å²) in [5, 5.41) is 17.1. The number of aliphatic carboxylic acids is 1. The van der Waals surface area contributed by atoms with E-state index in [-0.39, 0.29) is 40.1 Å². The number of benzene rings is 2. The number of guanidine groups is 1. The lowest BCUT2D eigenvalue weighted by molar-refractivity contribution is -0.139. The molecule has 246 valence electrons. The van der Waals surface area contributed by atoms with Crippen LogP contribution >= 0.6 is 11.3 Å². The highest BCUT2D eigenvalue weighted by atomic mass is 32.2. The van der Waals surface area contributed by atoms with Crippen molar-refractivity contribution in [3.63, 3.8) is 0 Å². The molecule has 3 heterocycles. The van der Waals surface area contributed by atoms with Crippen molar-refractivity contribution in [2.75, 3.05) is 17.9 Å². The molecule has 13 nitrogen and oxygen atoms in total. The lowest BCUT2D eigenvalue weighted by Gasteiger charge is -2.17. The largest absolute Gasteiger partial charge is 0.492 e. The van der Waals surface area contributed by atoms with Crippen molar-refractivity contribution in [3.8, 4) is 16.9 Å². The summed E-state index contributed by atoms with van der Waals surface area (Å²) in [6.07, 6.45) is 4.40. The first kappa shape index (κ1) is 33.4. The number of amides is 1. The van der Waals surface area contributed by atoms with Gasteiger partial charge in [-0.1, -0.05) is 24.3 Å². The number of carbonyl (C=O) groups is 2. The number of hydrogen-bond acceptors (Lipinski definition) is 9. The van der Waals surface area contributed by atoms with Crippen LogP contribution in [0.1, 0.15) is 39.2 Å². The van der Waals surface area contributed by atoms with Crippen LogP contribution in [0.25, 0.3) is 11.1 Å². The minimum absolute atomic E-state index is 0.0170. The van der Waals surface area contributed by atoms with Gasteiger partial charge in [0.1, 0.15) is 21.6 Å². The first-order chi connectivity index (χ1) is 22.6. The van der Waals surface area contributed by atoms with Crippen LogP contribution in [0.5, 0.6) is 5.75 Å². The second-order valence-corrected chi connectivity index (χ2v) is 13.3. The molecule has 0 radical (unpaired) electrons. The molecular weight excluding hydrogens is 643 g/mol. The normalized spacial score (nSPS) is 12.9. The highest BCUT2D eigenvalue weighted by Crippen LogP contribution is 2.39. The summed E-state index contributed by atoms with van der Waals surface area (Å²) in [6, 6.07) is 15.4. The number of thiophene rings is 1. The topological polar surface area (TPSA) is 211 Å². The summed E-state index contributed by atoms with van der Waals surface area (Å²) in [5.74, 6) is -1.81. The number of carboxylic acid groups (broad SMARTS) is 1. The lowest BCUT2D eigenvalue weighted by Crippen LogP contribution is -2.40. The van der Waals surface area contributed by atoms with E-state index in [2.05, 4.69) is 25.3 Å². The second kappa shape index (κ2) is 15.1. The predicted octanol–water partition coefficient (Wildman–Crippen LogP) is 3.07. The van der Waals surface area contributed by atoms with Gasteiger partial charge in [0, 0.05) is 38.4 Å². The van der Waals surface area contributed by atoms with Gasteiger partial charge in [-0.3, -0.25) is 19.5 Å². The van der Waals surface area contributed by atoms with Crippen molar-refractivity contribution in [1.82, 2.24) is 15.6 Å². The van der Waals surface area contributed by atoms with Gasteiger partial charge < -0.3 is 31.9 Å². The summed E-state index contributed by atoms with van der Waals surface area (Å²) < 4.78 is 36.2. The third-order valence-electron chi connectivity index (χ3n) is 7.43. The zero-order chi connectivity index (χ0) is 33.4. The second-order valence-electron chi connectivity index (χ2n) is 10.8. The Labute approximate surface area is 276 Å². The molecule has 1 amide bonds. The van der Waals surface area contributed by atoms with Crippen molar-refractivity contribution < 1.29 is 27.9 Å². The van der Waals surface area contributed by atoms with Crippen molar-refractivity contribution in [2.24, 2.45) is 16.5 Å². The molecule has 0 bridgehead atoms. The minimum Gasteiger partial charge on any atom is -0.492 e. The highest BCUT2D eigenvalue weighted by molar-refractivity contribution is 7.92. The molecule has 0 aliphatic carbocycles. The molecule has 0 spiro atoms. The van der Waals surface area contributed by atoms with Crippen molar-refractivity contribution >= 4 is 44.9 Å². The van der Waals surface area contributed by atoms with Gasteiger partial charge in [-0.2, -0.15) is 0 Å². The van der Waals surface area contributed by atoms with Crippen LogP contribution in [0.3, 0.4) is 0 Å². The first-order valence-corrected chi connectivity index (χ1v) is 17.2. The number of ether oxygens (including phenoxy) is 1. The van der Waals surface area contributed by atoms with E-state index >= 15 is 0 Å². The van der Waals surface area contributed by atoms with E-state index in [1.807, 2.05) is 42.5 Å². The Morgan fingerprint density at radius 3 is 2.64 bits per heavy atom. The summed E-state index contributed by atoms with van der Waals surface area (Å²) in [5.41, 5.74) is 15.1. The fraction of sp³-hybridized carbons (Fsp3) is 0.250. The Kier molecular flexibility index (Phi) is 10.7. The van der Waals surface area contributed by atoms with Gasteiger partial charge in [0.25, 0.3) is 15.9 Å². The third-order valence-corrected chi connectivity index (χ3v) is 9.71. The minimum atomic E-state index is -4.26. The summed E-state index contributed by atoms with van der Waals surface area (Å²) in [6.45, 7) is 1.72. The van der Waals surface area contributed by atoms with E-state index in [1.165, 1.54) is 6.07 Å². The number of sulfonamides is 1. The van der Waals surface area contributed by atoms with E-state index in [1.54, 1.807) is 23.8 Å². The van der Waals surface area contributed by atoms with Gasteiger partial charge in [0.05, 0.1) is 12.3 Å². The zero-order valence-electron chi connectivity index (χ0n) is 25.3. The summed E-state index contributed by atoms with van der Waals surface area (Å²) in [4.78, 5) is 32.8. The molecule has 4 aromatic rings. The number of carboxylic acids is 1. The number of nitrogens with zero attached hydrogens (tertiary/aromatic N) is 2. The molecule has 0 saturated carbocycles. The van der Waals surface area contributed by atoms with Crippen LogP contribution in [0.4, 0.5) is 5.69 Å². The number of aliphatic imine (C=N–C) groups is 1. The van der Waals surface area contributed by atoms with Crippen LogP contribution in [0.15, 0.2) is 82.3 Å². The Morgan fingerprint density at radius 1 is 1.09 bits per heavy atom. The highest BCUT2D eigenvalue weighted by Gasteiger charge is 2.30. The molecule has 8 N–H and O–H groups in total. The molecule has 47 heavy (non-hydrogen) atoms. The van der Waals surface area contributed by atoms with E-state index in [0.29, 0.717) is 38.1 Å². The van der Waals surface area contributed by atoms with E-state index < -0.39 is 27.9 Å². The van der Waals surface area contributed by atoms with Crippen LogP contribution < -0.4 is 31.6 Å². The van der Waals surface area contributed by atoms with E-state index in [0.717, 1.165) is 33.6 Å². The number of pyridine rings is 1. The van der Waals surface area contributed by atoms with Crippen molar-refractivity contribution in [3.05, 3.63) is 93.9 Å². The molecule has 2 aromatic heterocycles. The Bertz CT molecular complexity index is 1880. The van der Waals surface area contributed by atoms with Gasteiger partial charge in [-0.05, 0) is 76.4 Å². The maximum absolute atomic E-state index is 13.9. The number of hydrogen-bond donors (Lipinski definition) is 6. The number of fused-ring (bicyclic) bond motifs is 1. The maximum Gasteiger partial charge on any atom is 0.326 e. The number of carbonyl (C=O) groups excluding carboxylic acids is 1. The third kappa shape index (κ3) is 8.44. The van der Waals surface area contributed by atoms with Gasteiger partial charge >= 0.3 is 5.97 Å². The van der Waals surface area contributed by atoms with Gasteiger partial charge in [-0.25, -0.2) is 13.2 Å². The fourth-order valence-electron chi connectivity index (χ4n) is 5.18. The Hall–Kier alpha value is -4.99. The fourth-order valence-corrected chi connectivity index (χ4v) is 7.28. The Balaban J connectivity index is 1.37. The number of rotatable bonds is 15. The van der Waals surface area contributed by atoms with Crippen molar-refractivity contribution in [2.45, 2.75) is 43.3 Å². The molecule has 2 aromatic carbocycles. The number of aromatic nitrogens is 1. The molecule has 0 saturated heterocycles. The van der Waals surface area contributed by atoms with Gasteiger partial charge in [-0.15, -0.1) is 11.3 Å². The summed E-state index contributed by atoms with van der Waals surface area (Å²) >= 11 is 0.984. The average Bonchev–Trinajstić information content (AvgIpc) is 3.72. The number of anilines is 1. The SMILES string of the molecule is NC(N)=NCCC[C@H](NC(=O)c1sccc1NS(=O)(=O)c1cc(-c2ccccc2CNCc2ccncc2)cc2c1OCC2)C(=O)O. The van der Waals surface area contributed by atoms with Crippen LogP contribution in [-0.4, -0.2) is 55.5 Å². The monoisotopic (exact) mass is 677 g/mol. The zero-order valence-corrected chi connectivity index (χ0v) is 26.9. The molecule has 1 aliphatic rings. The first-order valence-electron chi connectivity index (χ1n) is 14.8. The van der Waals surface area contributed by atoms with Crippen LogP contribution in [0, 0.1) is 0 Å². The van der Waals surface area contributed by atoms with Crippen molar-refractivity contribution in [1.29, 1.82) is 0 Å². The summed E-state index contributed by atoms with van der Waals surface area (Å²) in [7, 11) is -4.26. The molecule has 5 rings (SSSR count). The standard InChI is InChI=1S/C32H35N7O6S2/c33-32(34)37-11-3-6-26(31(41)42)38-30(40)29-25(10-15-46-29)39-47(43,44)27-17-23(16-21-9-14-45-28(21)27)24-5-2-1-4-22(24)19-36-18-20-7-12-35-13-8-20/h1-2,4-5,7-8,10,12-13,15-17,26,36,39H,3,6,9,11,14,18-19H2,(H,38,40)(H,41,42)(H4,33,34,37)/t26-/m0/s1. The van der Waals surface area contributed by atoms with Gasteiger partial charge in [0.2, 0.25) is 0 Å². The van der Waals surface area contributed by atoms with Gasteiger partial charge in [0.15, 0.2) is 5.96 Å². The molecule has 1 aliphatic heterocycles. The Morgan fingerprint density at radius 2 is 1.87 bits per heavy atom. The number of nitrogens with two attached hydrogens (primary N) is 2. The predicted molar refractivity (Wildman–Crippen MR) is 180 cm³/mol. The molecule has 15 heteroatoms. The molecule has 0 unspecified atom stereocenters. The van der Waals surface area contributed by atoms with Crippen LogP contribution in [0.2, 0.25) is 0 Å². The number of nitrogens with one attached hydrogen (secondary N) is 3. The smallest absolute Gasteiger partial charge is 0.326 e. The van der Waals surface area contributed by atoms with E-state index in [9.17, 15) is 23.1 Å². The molecule has 1 atom stereocenters. The average molecular weight is 678 g/mol. The lowest BCUT2D eigenvalue weighted by atomic mass is 9.97. The van der Waals surface area contributed by atoms with Crippen LogP contribution in [-0.2, 0) is 34.3 Å². The molecule has 0 fully saturated rings. The quantitative estimate of drug-likeness (QED) is 0.0615.